The lowest BCUT2D eigenvalue weighted by atomic mass is 9.96. The summed E-state index contributed by atoms with van der Waals surface area (Å²) in [4.78, 5) is 14.8. The van der Waals surface area contributed by atoms with Gasteiger partial charge in [-0.05, 0) is 35.1 Å². The van der Waals surface area contributed by atoms with Crippen molar-refractivity contribution in [1.82, 2.24) is 4.98 Å². The lowest BCUT2D eigenvalue weighted by Gasteiger charge is -2.10. The highest BCUT2D eigenvalue weighted by atomic mass is 35.5. The quantitative estimate of drug-likeness (QED) is 0.914. The van der Waals surface area contributed by atoms with Gasteiger partial charge in [0.25, 0.3) is 0 Å². The highest BCUT2D eigenvalue weighted by molar-refractivity contribution is 5.85. The van der Waals surface area contributed by atoms with E-state index in [0.717, 1.165) is 12.0 Å². The second-order valence-corrected chi connectivity index (χ2v) is 4.78. The summed E-state index contributed by atoms with van der Waals surface area (Å²) in [7, 11) is 0. The molecule has 0 aliphatic heterocycles. The van der Waals surface area contributed by atoms with E-state index in [0.29, 0.717) is 0 Å². The van der Waals surface area contributed by atoms with E-state index in [4.69, 9.17) is 5.11 Å². The second-order valence-electron chi connectivity index (χ2n) is 4.78. The van der Waals surface area contributed by atoms with Crippen LogP contribution in [0.5, 0.6) is 0 Å². The standard InChI is InChI=1S/C16H17NO2.ClH/c1-12(9-16(18)19)15-6-4-13(5-7-15)10-14-3-2-8-17-11-14;/h2-8,11-12H,9-10H2,1H3,(H,18,19);1H. The third kappa shape index (κ3) is 4.67. The topological polar surface area (TPSA) is 50.2 Å². The zero-order valence-corrected chi connectivity index (χ0v) is 12.1. The maximum absolute atomic E-state index is 10.7. The summed E-state index contributed by atoms with van der Waals surface area (Å²) >= 11 is 0. The first kappa shape index (κ1) is 16.2. The van der Waals surface area contributed by atoms with Gasteiger partial charge < -0.3 is 5.11 Å². The van der Waals surface area contributed by atoms with Crippen molar-refractivity contribution in [3.8, 4) is 0 Å². The first-order chi connectivity index (χ1) is 9.15. The molecule has 2 aromatic rings. The highest BCUT2D eigenvalue weighted by Crippen LogP contribution is 2.20. The number of benzene rings is 1. The van der Waals surface area contributed by atoms with Gasteiger partial charge in [-0.15, -0.1) is 12.4 Å². The molecule has 106 valence electrons. The molecular formula is C16H18ClNO2. The minimum absolute atomic E-state index is 0. The number of carboxylic acids is 1. The van der Waals surface area contributed by atoms with Gasteiger partial charge in [0.1, 0.15) is 0 Å². The number of halogens is 1. The number of aromatic nitrogens is 1. The van der Waals surface area contributed by atoms with Crippen LogP contribution in [0.15, 0.2) is 48.8 Å². The number of carbonyl (C=O) groups is 1. The zero-order chi connectivity index (χ0) is 13.7. The number of hydrogen-bond donors (Lipinski definition) is 1. The molecule has 0 aliphatic rings. The molecule has 0 fully saturated rings. The fourth-order valence-corrected chi connectivity index (χ4v) is 2.08. The number of hydrogen-bond acceptors (Lipinski definition) is 2. The molecule has 4 heteroatoms. The molecule has 1 heterocycles. The van der Waals surface area contributed by atoms with Crippen molar-refractivity contribution in [1.29, 1.82) is 0 Å². The van der Waals surface area contributed by atoms with E-state index < -0.39 is 5.97 Å². The number of aliphatic carboxylic acids is 1. The smallest absolute Gasteiger partial charge is 0.303 e. The summed E-state index contributed by atoms with van der Waals surface area (Å²) in [6.07, 6.45) is 4.64. The van der Waals surface area contributed by atoms with Crippen LogP contribution in [0.1, 0.15) is 36.0 Å². The largest absolute Gasteiger partial charge is 0.481 e. The lowest BCUT2D eigenvalue weighted by Crippen LogP contribution is -2.02. The van der Waals surface area contributed by atoms with Gasteiger partial charge >= 0.3 is 5.97 Å². The Morgan fingerprint density at radius 1 is 1.20 bits per heavy atom. The average molecular weight is 292 g/mol. The molecule has 0 saturated carbocycles. The van der Waals surface area contributed by atoms with Crippen molar-refractivity contribution in [2.24, 2.45) is 0 Å². The predicted octanol–water partition coefficient (Wildman–Crippen LogP) is 3.67. The van der Waals surface area contributed by atoms with Crippen LogP contribution in [0.3, 0.4) is 0 Å². The first-order valence-electron chi connectivity index (χ1n) is 6.34. The third-order valence-corrected chi connectivity index (χ3v) is 3.16. The summed E-state index contributed by atoms with van der Waals surface area (Å²) < 4.78 is 0. The lowest BCUT2D eigenvalue weighted by molar-refractivity contribution is -0.137. The van der Waals surface area contributed by atoms with Crippen LogP contribution in [0.2, 0.25) is 0 Å². The van der Waals surface area contributed by atoms with Crippen LogP contribution < -0.4 is 0 Å². The zero-order valence-electron chi connectivity index (χ0n) is 11.3. The fraction of sp³-hybridized carbons (Fsp3) is 0.250. The van der Waals surface area contributed by atoms with Gasteiger partial charge in [-0.1, -0.05) is 37.3 Å². The van der Waals surface area contributed by atoms with E-state index >= 15 is 0 Å². The van der Waals surface area contributed by atoms with E-state index in [1.54, 1.807) is 6.20 Å². The van der Waals surface area contributed by atoms with Gasteiger partial charge in [0, 0.05) is 12.4 Å². The molecule has 20 heavy (non-hydrogen) atoms. The van der Waals surface area contributed by atoms with Crippen LogP contribution in [-0.4, -0.2) is 16.1 Å². The van der Waals surface area contributed by atoms with Crippen LogP contribution in [-0.2, 0) is 11.2 Å². The Balaban J connectivity index is 0.00000200. The van der Waals surface area contributed by atoms with Crippen molar-refractivity contribution >= 4 is 18.4 Å². The minimum atomic E-state index is -0.757. The summed E-state index contributed by atoms with van der Waals surface area (Å²) in [5.74, 6) is -0.711. The maximum Gasteiger partial charge on any atom is 0.303 e. The fourth-order valence-electron chi connectivity index (χ4n) is 2.08. The normalized spacial score (nSPS) is 11.4. The Hall–Kier alpha value is -1.87. The van der Waals surface area contributed by atoms with Crippen LogP contribution in [0, 0.1) is 0 Å². The average Bonchev–Trinajstić information content (AvgIpc) is 2.40. The van der Waals surface area contributed by atoms with Gasteiger partial charge in [0.05, 0.1) is 6.42 Å². The van der Waals surface area contributed by atoms with E-state index in [1.807, 2.05) is 37.4 Å². The monoisotopic (exact) mass is 291 g/mol. The minimum Gasteiger partial charge on any atom is -0.481 e. The molecule has 0 spiro atoms. The summed E-state index contributed by atoms with van der Waals surface area (Å²) in [6.45, 7) is 1.93. The molecule has 1 atom stereocenters. The Kier molecular flexibility index (Phi) is 6.19. The van der Waals surface area contributed by atoms with Gasteiger partial charge in [0.15, 0.2) is 0 Å². The molecule has 0 radical (unpaired) electrons. The van der Waals surface area contributed by atoms with Gasteiger partial charge in [-0.25, -0.2) is 0 Å². The molecule has 1 N–H and O–H groups in total. The molecule has 1 unspecified atom stereocenters. The van der Waals surface area contributed by atoms with Crippen LogP contribution in [0.4, 0.5) is 0 Å². The van der Waals surface area contributed by atoms with Gasteiger partial charge in [0.2, 0.25) is 0 Å². The maximum atomic E-state index is 10.7. The number of rotatable bonds is 5. The van der Waals surface area contributed by atoms with Gasteiger partial charge in [-0.2, -0.15) is 0 Å². The van der Waals surface area contributed by atoms with Crippen LogP contribution >= 0.6 is 12.4 Å². The van der Waals surface area contributed by atoms with E-state index in [9.17, 15) is 4.79 Å². The van der Waals surface area contributed by atoms with Crippen molar-refractivity contribution in [2.75, 3.05) is 0 Å². The van der Waals surface area contributed by atoms with E-state index in [2.05, 4.69) is 17.1 Å². The molecule has 0 aliphatic carbocycles. The van der Waals surface area contributed by atoms with Crippen molar-refractivity contribution in [3.05, 3.63) is 65.5 Å². The third-order valence-electron chi connectivity index (χ3n) is 3.16. The number of pyridine rings is 1. The summed E-state index contributed by atoms with van der Waals surface area (Å²) in [5.41, 5.74) is 3.45. The Morgan fingerprint density at radius 3 is 2.45 bits per heavy atom. The molecule has 1 aromatic carbocycles. The molecule has 2 rings (SSSR count). The van der Waals surface area contributed by atoms with Crippen molar-refractivity contribution < 1.29 is 9.90 Å². The number of carboxylic acid groups (broad SMARTS) is 1. The Morgan fingerprint density at radius 2 is 1.90 bits per heavy atom. The molecule has 0 bridgehead atoms. The van der Waals surface area contributed by atoms with Crippen LogP contribution in [0.25, 0.3) is 0 Å². The Labute approximate surface area is 125 Å². The van der Waals surface area contributed by atoms with Crippen molar-refractivity contribution in [3.63, 3.8) is 0 Å². The predicted molar refractivity (Wildman–Crippen MR) is 81.4 cm³/mol. The van der Waals surface area contributed by atoms with Gasteiger partial charge in [-0.3, -0.25) is 9.78 Å². The molecule has 1 aromatic heterocycles. The SMILES string of the molecule is CC(CC(=O)O)c1ccc(Cc2cccnc2)cc1.Cl. The summed E-state index contributed by atoms with van der Waals surface area (Å²) in [6, 6.07) is 12.1. The molecule has 3 nitrogen and oxygen atoms in total. The van der Waals surface area contributed by atoms with Crippen molar-refractivity contribution in [2.45, 2.75) is 25.7 Å². The molecule has 0 saturated heterocycles. The highest BCUT2D eigenvalue weighted by Gasteiger charge is 2.09. The van der Waals surface area contributed by atoms with E-state index in [-0.39, 0.29) is 24.7 Å². The van der Waals surface area contributed by atoms with E-state index in [1.165, 1.54) is 11.1 Å². The number of nitrogens with zero attached hydrogens (tertiary/aromatic N) is 1. The Bertz CT molecular complexity index is 540. The molecule has 0 amide bonds. The first-order valence-corrected chi connectivity index (χ1v) is 6.34. The summed E-state index contributed by atoms with van der Waals surface area (Å²) in [5, 5.41) is 8.79. The molecular weight excluding hydrogens is 274 g/mol. The second kappa shape index (κ2) is 7.65.